The quantitative estimate of drug-likeness (QED) is 0.804. The lowest BCUT2D eigenvalue weighted by Crippen LogP contribution is -2.15. The number of nitrogens with zero attached hydrogens (tertiary/aromatic N) is 1. The van der Waals surface area contributed by atoms with E-state index in [1.807, 2.05) is 12.1 Å². The number of carbonyl (C=O) groups excluding carboxylic acids is 1. The van der Waals surface area contributed by atoms with Gasteiger partial charge in [0.05, 0.1) is 5.56 Å². The molecule has 1 aromatic carbocycles. The molecule has 122 valence electrons. The van der Waals surface area contributed by atoms with Crippen LogP contribution in [0.3, 0.4) is 0 Å². The van der Waals surface area contributed by atoms with Gasteiger partial charge < -0.3 is 5.32 Å². The molecular formula is C17H18F2N2OS. The molecule has 3 nitrogen and oxygen atoms in total. The zero-order valence-corrected chi connectivity index (χ0v) is 14.0. The van der Waals surface area contributed by atoms with Crippen LogP contribution in [0, 0.1) is 0 Å². The van der Waals surface area contributed by atoms with Crippen LogP contribution in [0.4, 0.5) is 14.5 Å². The van der Waals surface area contributed by atoms with Crippen LogP contribution >= 0.6 is 11.8 Å². The lowest BCUT2D eigenvalue weighted by molar-refractivity contribution is 0.102. The van der Waals surface area contributed by atoms with Crippen molar-refractivity contribution in [3.63, 3.8) is 0 Å². The van der Waals surface area contributed by atoms with E-state index in [2.05, 4.69) is 31.1 Å². The zero-order chi connectivity index (χ0) is 17.0. The first-order chi connectivity index (χ1) is 10.8. The second-order valence-electron chi connectivity index (χ2n) is 6.02. The number of hydrogen-bond acceptors (Lipinski definition) is 3. The van der Waals surface area contributed by atoms with Crippen LogP contribution in [-0.4, -0.2) is 16.6 Å². The predicted molar refractivity (Wildman–Crippen MR) is 89.2 cm³/mol. The molecule has 1 aromatic heterocycles. The van der Waals surface area contributed by atoms with Gasteiger partial charge in [0.1, 0.15) is 5.03 Å². The minimum absolute atomic E-state index is 0.0197. The lowest BCUT2D eigenvalue weighted by Gasteiger charge is -2.19. The second-order valence-corrected chi connectivity index (χ2v) is 6.99. The number of pyridine rings is 1. The average molecular weight is 336 g/mol. The summed E-state index contributed by atoms with van der Waals surface area (Å²) in [4.78, 5) is 16.1. The van der Waals surface area contributed by atoms with Crippen molar-refractivity contribution in [3.05, 3.63) is 53.7 Å². The van der Waals surface area contributed by atoms with Crippen molar-refractivity contribution in [2.24, 2.45) is 0 Å². The van der Waals surface area contributed by atoms with Crippen LogP contribution in [0.2, 0.25) is 0 Å². The summed E-state index contributed by atoms with van der Waals surface area (Å²) in [5, 5.41) is 2.73. The molecule has 1 amide bonds. The van der Waals surface area contributed by atoms with Crippen LogP contribution in [0.15, 0.2) is 47.6 Å². The molecule has 0 bridgehead atoms. The van der Waals surface area contributed by atoms with Gasteiger partial charge in [-0.25, -0.2) is 4.98 Å². The van der Waals surface area contributed by atoms with Crippen LogP contribution in [0.5, 0.6) is 0 Å². The molecule has 2 rings (SSSR count). The summed E-state index contributed by atoms with van der Waals surface area (Å²) in [6.07, 6.45) is 1.39. The number of benzene rings is 1. The standard InChI is InChI=1S/C17H18F2N2OS/c1-17(2,3)11-6-8-12(9-7-11)21-14(22)13-5-4-10-20-15(13)23-16(18)19/h4-10,16H,1-3H3,(H,21,22). The molecule has 1 N–H and O–H groups in total. The topological polar surface area (TPSA) is 42.0 Å². The molecule has 0 saturated heterocycles. The number of alkyl halides is 2. The summed E-state index contributed by atoms with van der Waals surface area (Å²) < 4.78 is 25.1. The van der Waals surface area contributed by atoms with E-state index in [1.54, 1.807) is 18.2 Å². The third-order valence-corrected chi connectivity index (χ3v) is 3.95. The van der Waals surface area contributed by atoms with Crippen LogP contribution < -0.4 is 5.32 Å². The number of aromatic nitrogens is 1. The van der Waals surface area contributed by atoms with E-state index in [0.29, 0.717) is 5.69 Å². The van der Waals surface area contributed by atoms with Gasteiger partial charge in [-0.15, -0.1) is 0 Å². The Bertz CT molecular complexity index is 682. The van der Waals surface area contributed by atoms with Gasteiger partial charge in [0.2, 0.25) is 0 Å². The normalized spacial score (nSPS) is 11.6. The van der Waals surface area contributed by atoms with Gasteiger partial charge in [-0.2, -0.15) is 8.78 Å². The summed E-state index contributed by atoms with van der Waals surface area (Å²) in [6.45, 7) is 6.30. The van der Waals surface area contributed by atoms with E-state index in [-0.39, 0.29) is 27.8 Å². The fraction of sp³-hybridized carbons (Fsp3) is 0.294. The van der Waals surface area contributed by atoms with E-state index in [4.69, 9.17) is 0 Å². The molecule has 6 heteroatoms. The largest absolute Gasteiger partial charge is 0.322 e. The molecule has 2 aromatic rings. The minimum Gasteiger partial charge on any atom is -0.322 e. The molecule has 0 fully saturated rings. The van der Waals surface area contributed by atoms with Gasteiger partial charge in [-0.3, -0.25) is 4.79 Å². The maximum absolute atomic E-state index is 12.5. The lowest BCUT2D eigenvalue weighted by atomic mass is 9.87. The second kappa shape index (κ2) is 7.08. The Labute approximate surface area is 138 Å². The Hall–Kier alpha value is -1.95. The van der Waals surface area contributed by atoms with Crippen molar-refractivity contribution in [1.82, 2.24) is 4.98 Å². The first-order valence-corrected chi connectivity index (χ1v) is 7.97. The first kappa shape index (κ1) is 17.4. The van der Waals surface area contributed by atoms with Crippen molar-refractivity contribution in [1.29, 1.82) is 0 Å². The molecule has 23 heavy (non-hydrogen) atoms. The Morgan fingerprint density at radius 1 is 1.17 bits per heavy atom. The maximum atomic E-state index is 12.5. The van der Waals surface area contributed by atoms with Crippen molar-refractivity contribution in [2.45, 2.75) is 37.0 Å². The fourth-order valence-corrected chi connectivity index (χ4v) is 2.57. The zero-order valence-electron chi connectivity index (χ0n) is 13.1. The van der Waals surface area contributed by atoms with E-state index in [1.165, 1.54) is 12.3 Å². The SMILES string of the molecule is CC(C)(C)c1ccc(NC(=O)c2cccnc2SC(F)F)cc1. The number of rotatable bonds is 4. The highest BCUT2D eigenvalue weighted by molar-refractivity contribution is 7.99. The summed E-state index contributed by atoms with van der Waals surface area (Å²) in [6, 6.07) is 10.5. The molecule has 0 aliphatic carbocycles. The highest BCUT2D eigenvalue weighted by atomic mass is 32.2. The van der Waals surface area contributed by atoms with Crippen molar-refractivity contribution < 1.29 is 13.6 Å². The monoisotopic (exact) mass is 336 g/mol. The molecule has 0 spiro atoms. The smallest absolute Gasteiger partial charge is 0.290 e. The van der Waals surface area contributed by atoms with Crippen LogP contribution in [0.1, 0.15) is 36.7 Å². The number of thioether (sulfide) groups is 1. The van der Waals surface area contributed by atoms with Gasteiger partial charge in [0.25, 0.3) is 11.7 Å². The Morgan fingerprint density at radius 3 is 2.39 bits per heavy atom. The van der Waals surface area contributed by atoms with Gasteiger partial charge >= 0.3 is 0 Å². The first-order valence-electron chi connectivity index (χ1n) is 7.09. The molecule has 0 aliphatic heterocycles. The number of carbonyl (C=O) groups is 1. The van der Waals surface area contributed by atoms with Crippen molar-refractivity contribution >= 4 is 23.4 Å². The number of hydrogen-bond donors (Lipinski definition) is 1. The van der Waals surface area contributed by atoms with Crippen LogP contribution in [-0.2, 0) is 5.41 Å². The van der Waals surface area contributed by atoms with Crippen molar-refractivity contribution in [2.75, 3.05) is 5.32 Å². The molecular weight excluding hydrogens is 318 g/mol. The highest BCUT2D eigenvalue weighted by Gasteiger charge is 2.17. The Balaban J connectivity index is 2.16. The molecule has 0 atom stereocenters. The third kappa shape index (κ3) is 4.76. The van der Waals surface area contributed by atoms with E-state index >= 15 is 0 Å². The third-order valence-electron chi connectivity index (χ3n) is 3.23. The number of nitrogens with one attached hydrogen (secondary N) is 1. The van der Waals surface area contributed by atoms with Gasteiger partial charge in [-0.1, -0.05) is 32.9 Å². The molecule has 0 radical (unpaired) electrons. The predicted octanol–water partition coefficient (Wildman–Crippen LogP) is 4.95. The van der Waals surface area contributed by atoms with Crippen LogP contribution in [0.25, 0.3) is 0 Å². The maximum Gasteiger partial charge on any atom is 0.290 e. The highest BCUT2D eigenvalue weighted by Crippen LogP contribution is 2.27. The minimum atomic E-state index is -2.62. The Kier molecular flexibility index (Phi) is 5.36. The average Bonchev–Trinajstić information content (AvgIpc) is 2.46. The Morgan fingerprint density at radius 2 is 1.83 bits per heavy atom. The number of amides is 1. The summed E-state index contributed by atoms with van der Waals surface area (Å²) in [7, 11) is 0. The molecule has 0 unspecified atom stereocenters. The number of anilines is 1. The molecule has 0 aliphatic rings. The van der Waals surface area contributed by atoms with E-state index < -0.39 is 11.7 Å². The fourth-order valence-electron chi connectivity index (χ4n) is 1.99. The van der Waals surface area contributed by atoms with Gasteiger partial charge in [-0.05, 0) is 47.0 Å². The van der Waals surface area contributed by atoms with Crippen molar-refractivity contribution in [3.8, 4) is 0 Å². The molecule has 0 saturated carbocycles. The molecule has 1 heterocycles. The van der Waals surface area contributed by atoms with Gasteiger partial charge in [0.15, 0.2) is 0 Å². The van der Waals surface area contributed by atoms with Gasteiger partial charge in [0, 0.05) is 11.9 Å². The summed E-state index contributed by atoms with van der Waals surface area (Å²) in [5.41, 5.74) is 1.91. The number of halogens is 2. The van der Waals surface area contributed by atoms with E-state index in [0.717, 1.165) is 5.56 Å². The summed E-state index contributed by atoms with van der Waals surface area (Å²) in [5.74, 6) is -3.08. The summed E-state index contributed by atoms with van der Waals surface area (Å²) >= 11 is 0.264. The van der Waals surface area contributed by atoms with E-state index in [9.17, 15) is 13.6 Å².